The largest absolute Gasteiger partial charge is 0.505 e. The third-order valence-electron chi connectivity index (χ3n) is 25.1. The summed E-state index contributed by atoms with van der Waals surface area (Å²) in [6, 6.07) is 22.6. The van der Waals surface area contributed by atoms with Crippen molar-refractivity contribution in [3.8, 4) is 40.8 Å². The molecule has 6 aliphatic rings. The fraction of sp³-hybridized carbons (Fsp3) is 0.424. The molecule has 3 aliphatic heterocycles. The number of alkyl carbamates (subject to hydrolysis) is 1. The number of methoxy groups -OCH3 is 2. The van der Waals surface area contributed by atoms with Gasteiger partial charge in [0.1, 0.15) is 91.8 Å². The smallest absolute Gasteiger partial charge is 0.414 e. The number of fused-ring (bicyclic) bond motifs is 15. The number of aromatic amines is 3. The normalized spacial score (nSPS) is 19.9. The third-order valence-corrected chi connectivity index (χ3v) is 28.2. The summed E-state index contributed by atoms with van der Waals surface area (Å²) in [5, 5.41) is 19.4. The Morgan fingerprint density at radius 2 is 0.965 bits per heavy atom. The van der Waals surface area contributed by atoms with Crippen molar-refractivity contribution >= 4 is 132 Å². The second-order valence-electron chi connectivity index (χ2n) is 39.1. The Hall–Kier alpha value is -14.2. The summed E-state index contributed by atoms with van der Waals surface area (Å²) < 4.78 is 309. The van der Waals surface area contributed by atoms with Crippen molar-refractivity contribution in [3.05, 3.63) is 168 Å². The molecule has 3 saturated carbocycles. The summed E-state index contributed by atoms with van der Waals surface area (Å²) >= 11 is 0. The summed E-state index contributed by atoms with van der Waals surface area (Å²) in [5.74, 6) is 4.92. The van der Waals surface area contributed by atoms with E-state index in [-0.39, 0.29) is 72.2 Å². The third kappa shape index (κ3) is 23.0. The molecule has 38 nitrogen and oxygen atoms in total. The Labute approximate surface area is 872 Å². The number of carbonyl (C=O) groups excluding carboxylic acids is 3. The van der Waals surface area contributed by atoms with E-state index in [1.54, 1.807) is 150 Å². The molecule has 3 amide bonds. The molecule has 9 aromatic heterocycles. The van der Waals surface area contributed by atoms with Gasteiger partial charge in [-0.05, 0) is 217 Å². The fourth-order valence-corrected chi connectivity index (χ4v) is 21.3. The van der Waals surface area contributed by atoms with Crippen LogP contribution >= 0.6 is 0 Å². The molecule has 14 aromatic rings. The molecule has 20 rings (SSSR count). The zero-order valence-corrected chi connectivity index (χ0v) is 83.0. The highest BCUT2D eigenvalue weighted by atomic mass is 32.2. The summed E-state index contributed by atoms with van der Waals surface area (Å²) in [4.78, 5) is 105. The van der Waals surface area contributed by atoms with Crippen molar-refractivity contribution in [2.75, 3.05) is 79.9 Å². The Kier molecular flexibility index (Phi) is 23.4. The van der Waals surface area contributed by atoms with Crippen LogP contribution in [0.2, 0.25) is 0 Å². The van der Waals surface area contributed by atoms with Crippen molar-refractivity contribution in [3.63, 3.8) is 0 Å². The van der Waals surface area contributed by atoms with E-state index in [0.29, 0.717) is 144 Å². The quantitative estimate of drug-likeness (QED) is 0.0225. The summed E-state index contributed by atoms with van der Waals surface area (Å²) in [5.41, 5.74) is 8.43. The van der Waals surface area contributed by atoms with E-state index in [0.717, 1.165) is 90.9 Å². The summed E-state index contributed by atoms with van der Waals surface area (Å²) in [7, 11) is -1.07. The number of aromatic nitrogens is 15. The highest BCUT2D eigenvalue weighted by Crippen LogP contribution is 2.49. The van der Waals surface area contributed by atoms with Crippen LogP contribution in [0.5, 0.6) is 40.8 Å². The molecule has 6 bridgehead atoms. The van der Waals surface area contributed by atoms with E-state index in [1.807, 2.05) is 20.8 Å². The zero-order chi connectivity index (χ0) is 135. The molecule has 3 aliphatic carbocycles. The predicted octanol–water partition coefficient (Wildman–Crippen LogP) is 21.3. The van der Waals surface area contributed by atoms with Gasteiger partial charge in [0, 0.05) is 139 Å². The van der Waals surface area contributed by atoms with Crippen molar-refractivity contribution in [2.45, 2.75) is 205 Å². The molecular weight excluding hydrogens is 1870 g/mol. The number of nitrogens with two attached hydrogens (primary N) is 1. The number of aromatic hydroxyl groups is 1. The Morgan fingerprint density at radius 1 is 0.535 bits per heavy atom. The number of hydrogen-bond donors (Lipinski definition) is 8. The molecule has 12 heterocycles. The molecule has 9 N–H and O–H groups in total. The number of piperidine rings is 3. The first-order chi connectivity index (χ1) is 83.7. The van der Waals surface area contributed by atoms with Gasteiger partial charge in [0.15, 0.2) is 22.3 Å². The SMILES string of the molecule is C.CC(C)(C)OC(=O)N[C@@H]1C[C@H]2CC1CN2.CNc1cc(F)cc2c1[nH]c1nc(Oc3cnc(C)nc3)nc(N3C[C@H]4CC3C[C@H]4N)c12.COc1ccc(CS(=O)(=O)c2nc(S(=O)(=O)Cc3ccc(OC)cc3)c3c(n2)[nH]c2c(N(C)C(=O)OC(C)(C)C)cc(F)cc23)cc1.Cc1ncc(O)cn1.Cc1ncc(Oc2nc(N3C[C@H]4CC3C[C@H]4C)c3c(n2)[nH]c2c(N(C)C(=O)OC(C)(C)C)cc(F)cc23)cn1.[2HH].[2H][2H].[2H][2H].[2H][2H].[2H][2H].[2H][2H].[2H][2H].[2H][2H].[2H][2H].[2H][2H].[2H][2H].[2H][2H].[2H][2H].[2H][2H].[2H][2H].[2H][2H].[2H][2H].[2H][2H]. The van der Waals surface area contributed by atoms with E-state index in [2.05, 4.69) is 97.5 Å². The fourth-order valence-electron chi connectivity index (χ4n) is 18.6. The van der Waals surface area contributed by atoms with Crippen molar-refractivity contribution in [2.24, 2.45) is 29.4 Å². The molecule has 5 aromatic carbocycles. The minimum absolute atomic E-state index is 0. The van der Waals surface area contributed by atoms with Gasteiger partial charge in [0.25, 0.3) is 5.16 Å². The average molecular weight is 2060 g/mol. The number of ether oxygens (including phenoxy) is 7. The number of carbonyl (C=O) groups is 3. The van der Waals surface area contributed by atoms with E-state index >= 15 is 8.78 Å². The second-order valence-corrected chi connectivity index (χ2v) is 42.8. The Bertz CT molecular complexity index is 7380. The number of nitrogens with zero attached hydrogens (tertiary/aromatic N) is 16. The first-order valence-electron chi connectivity index (χ1n) is 63.0. The van der Waals surface area contributed by atoms with Gasteiger partial charge in [-0.3, -0.25) is 9.80 Å². The number of halogens is 3. The van der Waals surface area contributed by atoms with Crippen LogP contribution in [0.15, 0.2) is 132 Å². The lowest BCUT2D eigenvalue weighted by Gasteiger charge is -2.31. The number of aryl methyl sites for hydroxylation is 3. The van der Waals surface area contributed by atoms with Gasteiger partial charge in [-0.1, -0.05) is 38.6 Å². The molecular formula is C99H154F3N23O15S2. The van der Waals surface area contributed by atoms with Gasteiger partial charge in [-0.25, -0.2) is 84.3 Å². The van der Waals surface area contributed by atoms with Crippen LogP contribution in [-0.2, 0) is 45.4 Å². The molecule has 3 unspecified atom stereocenters. The van der Waals surface area contributed by atoms with Crippen LogP contribution in [0.25, 0.3) is 65.8 Å². The van der Waals surface area contributed by atoms with Crippen molar-refractivity contribution in [1.82, 2.24) is 85.4 Å². The van der Waals surface area contributed by atoms with Gasteiger partial charge < -0.3 is 84.7 Å². The highest BCUT2D eigenvalue weighted by Gasteiger charge is 2.47. The highest BCUT2D eigenvalue weighted by molar-refractivity contribution is 7.91. The molecule has 3 saturated heterocycles. The van der Waals surface area contributed by atoms with E-state index in [4.69, 9.17) is 104 Å². The van der Waals surface area contributed by atoms with Crippen LogP contribution in [-0.4, -0.2) is 217 Å². The Morgan fingerprint density at radius 3 is 1.37 bits per heavy atom. The van der Waals surface area contributed by atoms with E-state index in [9.17, 15) is 35.6 Å². The van der Waals surface area contributed by atoms with E-state index in [1.165, 1.54) is 69.2 Å². The van der Waals surface area contributed by atoms with Crippen LogP contribution in [0.1, 0.15) is 196 Å². The first-order valence-corrected chi connectivity index (χ1v) is 49.3. The van der Waals surface area contributed by atoms with Crippen LogP contribution < -0.4 is 60.2 Å². The number of H-pyrrole nitrogens is 3. The number of rotatable bonds is 18. The molecule has 6 fully saturated rings. The topological polar surface area (TPSA) is 481 Å². The number of anilines is 5. The lowest BCUT2D eigenvalue weighted by molar-refractivity contribution is 0.0487. The zero-order valence-electron chi connectivity index (χ0n) is 115. The van der Waals surface area contributed by atoms with Gasteiger partial charge in [-0.2, -0.15) is 19.9 Å². The summed E-state index contributed by atoms with van der Waals surface area (Å²) in [6.07, 6.45) is 13.7. The number of amides is 3. The lowest BCUT2D eigenvalue weighted by Crippen LogP contribution is -2.45. The van der Waals surface area contributed by atoms with Crippen molar-refractivity contribution in [1.29, 1.82) is 0 Å². The van der Waals surface area contributed by atoms with Crippen LogP contribution in [0.4, 0.5) is 56.3 Å². The van der Waals surface area contributed by atoms with Crippen LogP contribution in [0.3, 0.4) is 0 Å². The molecule has 9 atom stereocenters. The van der Waals surface area contributed by atoms with Gasteiger partial charge >= 0.3 is 30.3 Å². The number of benzene rings is 5. The number of sulfone groups is 2. The van der Waals surface area contributed by atoms with Gasteiger partial charge in [0.2, 0.25) is 19.7 Å². The average Bonchev–Trinajstić information content (AvgIpc) is 1.58. The molecule has 0 radical (unpaired) electrons. The summed E-state index contributed by atoms with van der Waals surface area (Å²) in [6.45, 7) is 26.4. The number of nitrogens with one attached hydrogen (secondary N) is 6. The first kappa shape index (κ1) is 81.5. The second kappa shape index (κ2) is 40.8. The maximum Gasteiger partial charge on any atom is 0.414 e. The standard InChI is InChI=1S/C32H33FN4O8S2.C28H32FN7O3.C22H23FN8O.C11H20N2O2.C5H6N2O.CH4.18H2/c1-32(2,3)45-31(38)37(4)25-16-21(33)15-24-26-28(34-27(24)25)35-30(47(41,42)18-20-9-13-23(44-6)14-10-20)36-29(26)46(39,40)17-19-7-11-22(43-5)12-8-19;1-14-7-18-8-16(14)13-36(18)25-22-20-9-17(29)10-21(35(6)27(37)39-28(3,4)5)23(20)32-24(22)33-26(34-25)38-19-11-30-15(2)31-12-19;1-10-26-7-14(8-27-10)32-22-29-20-18(15-4-12(23)5-17(25-2)19(15)28-20)21(30-22)31-9-11-3-13(31)6-16(11)24;1-11(2,3)15-10(14)13-9-5-8-4-7(9)6-12-8;1-4-6-2-5(8)3-7-4;;;;;;;;;;;;;;;;;;;/h7-16H,17-18H2,1-6H3,(H,34,35,36);9-12,14,16,18H,7-8,13H2,1-6H3,(H,32,33,34);4-5,7-8,11,13,16,25H,3,6,9,24H2,1-2H3,(H,28,29,30);7-9,12H,4-6H2,1-3H3,(H,13,14);2-3,8H,1H3;1H4;18*1H/t;14-,16-,18?;11-,13?,16-;7?,8-,9-;;;;;;;;;;;;;;;;;;;;/m.111..................../s1/i;;;;;;17*1+1D;1+1. The molecule has 43 heteroatoms. The van der Waals surface area contributed by atoms with E-state index < -0.39 is 82.0 Å². The van der Waals surface area contributed by atoms with Crippen LogP contribution in [0, 0.1) is 61.9 Å². The van der Waals surface area contributed by atoms with Gasteiger partial charge in [-0.15, -0.1) is 0 Å². The monoisotopic (exact) mass is 2060 g/mol. The maximum absolute atomic E-state index is 15.2. The Balaban J connectivity index is -0.00000105. The predicted molar refractivity (Wildman–Crippen MR) is 570 cm³/mol. The minimum Gasteiger partial charge on any atom is -0.505 e. The van der Waals surface area contributed by atoms with Gasteiger partial charge in [0.05, 0.1) is 113 Å². The lowest BCUT2D eigenvalue weighted by atomic mass is 9.97. The molecule has 0 spiro atoms. The molecule has 142 heavy (non-hydrogen) atoms. The molecule has 788 valence electrons. The number of hydrogen-bond acceptors (Lipinski definition) is 32. The van der Waals surface area contributed by atoms with Crippen molar-refractivity contribution < 1.29 is 135 Å². The minimum atomic E-state index is -4.39. The maximum atomic E-state index is 15.2.